The van der Waals surface area contributed by atoms with Gasteiger partial charge in [-0.2, -0.15) is 0 Å². The van der Waals surface area contributed by atoms with Crippen LogP contribution in [0.4, 0.5) is 0 Å². The Labute approximate surface area is 283 Å². The molecule has 0 atom stereocenters. The number of hydrogen-bond donors (Lipinski definition) is 4. The second-order valence-electron chi connectivity index (χ2n) is 10.4. The molecule has 6 aromatic heterocycles. The van der Waals surface area contributed by atoms with Crippen LogP contribution in [0.5, 0.6) is 0 Å². The van der Waals surface area contributed by atoms with E-state index < -0.39 is 0 Å². The van der Waals surface area contributed by atoms with Crippen LogP contribution in [-0.2, 0) is 0 Å². The fourth-order valence-electron chi connectivity index (χ4n) is 4.87. The van der Waals surface area contributed by atoms with Crippen LogP contribution in [0.2, 0.25) is 0 Å². The largest absolute Gasteiger partial charge is 0.292 e. The van der Waals surface area contributed by atoms with Crippen molar-refractivity contribution < 1.29 is 0 Å². The van der Waals surface area contributed by atoms with E-state index in [1.807, 2.05) is 84.9 Å². The molecule has 0 aliphatic carbocycles. The Balaban J connectivity index is 1.12. The number of aromatic nitrogens is 6. The Hall–Kier alpha value is -5.98. The first-order chi connectivity index (χ1) is 23.4. The summed E-state index contributed by atoms with van der Waals surface area (Å²) >= 11 is 1.93. The summed E-state index contributed by atoms with van der Waals surface area (Å²) < 4.78 is 0. The third kappa shape index (κ3) is 6.47. The first-order valence-corrected chi connectivity index (χ1v) is 16.2. The van der Waals surface area contributed by atoms with Gasteiger partial charge in [-0.1, -0.05) is 48.5 Å². The molecular weight excluding hydrogens is 637 g/mol. The van der Waals surface area contributed by atoms with Crippen molar-refractivity contribution in [2.45, 2.75) is 0 Å². The van der Waals surface area contributed by atoms with Crippen LogP contribution in [0.3, 0.4) is 0 Å². The molecule has 48 heavy (non-hydrogen) atoms. The lowest BCUT2D eigenvalue weighted by Crippen LogP contribution is -2.07. The summed E-state index contributed by atoms with van der Waals surface area (Å²) in [5.41, 5.74) is 5.52. The van der Waals surface area contributed by atoms with Crippen molar-refractivity contribution in [2.24, 2.45) is 0 Å². The van der Waals surface area contributed by atoms with Gasteiger partial charge in [-0.3, -0.25) is 31.6 Å². The molecule has 0 unspecified atom stereocenters. The molecule has 1 aromatic carbocycles. The molecule has 0 radical (unpaired) electrons. The minimum absolute atomic E-state index is 0.0947. The number of rotatable bonds is 6. The van der Waals surface area contributed by atoms with Gasteiger partial charge in [0, 0.05) is 23.2 Å². The van der Waals surface area contributed by atoms with E-state index in [0.29, 0.717) is 56.6 Å². The third-order valence-corrected chi connectivity index (χ3v) is 8.86. The molecule has 6 heterocycles. The number of hydrogen-bond acceptors (Lipinski definition) is 12. The zero-order valence-electron chi connectivity index (χ0n) is 25.0. The maximum Gasteiger partial charge on any atom is 0.119 e. The van der Waals surface area contributed by atoms with Crippen LogP contribution in [0.15, 0.2) is 122 Å². The molecule has 0 spiro atoms. The van der Waals surface area contributed by atoms with E-state index in [-0.39, 0.29) is 20.2 Å². The van der Waals surface area contributed by atoms with Crippen LogP contribution in [0, 0.1) is 21.6 Å². The van der Waals surface area contributed by atoms with Crippen LogP contribution < -0.4 is 0 Å². The fourth-order valence-corrected chi connectivity index (χ4v) is 6.15. The van der Waals surface area contributed by atoms with E-state index in [1.165, 1.54) is 0 Å². The number of nitrogens with one attached hydrogen (secondary N) is 4. The SMILES string of the molecule is N=C(SC(=N)c1ccc2ccc3ccc(C(=N)SC(=N)c4cccc(-c5ccccn5)n4)nc3c2n1)c1cccc(-c2ccccn2)n1. The van der Waals surface area contributed by atoms with Gasteiger partial charge in [0.25, 0.3) is 0 Å². The molecule has 0 amide bonds. The average molecular weight is 661 g/mol. The van der Waals surface area contributed by atoms with Gasteiger partial charge < -0.3 is 0 Å². The summed E-state index contributed by atoms with van der Waals surface area (Å²) in [4.78, 5) is 27.4. The van der Waals surface area contributed by atoms with E-state index in [2.05, 4.69) is 19.9 Å². The van der Waals surface area contributed by atoms with E-state index >= 15 is 0 Å². The van der Waals surface area contributed by atoms with Crippen molar-refractivity contribution in [3.05, 3.63) is 144 Å². The summed E-state index contributed by atoms with van der Waals surface area (Å²) in [5.74, 6) is 0. The van der Waals surface area contributed by atoms with Gasteiger partial charge in [0.2, 0.25) is 0 Å². The molecule has 7 rings (SSSR count). The summed E-state index contributed by atoms with van der Waals surface area (Å²) in [6, 6.07) is 33.1. The number of pyridine rings is 6. The number of nitrogens with zero attached hydrogens (tertiary/aromatic N) is 6. The topological polar surface area (TPSA) is 173 Å². The minimum atomic E-state index is 0.0947. The molecule has 0 aliphatic heterocycles. The Morgan fingerprint density at radius 1 is 0.375 bits per heavy atom. The van der Waals surface area contributed by atoms with Crippen molar-refractivity contribution in [3.8, 4) is 22.8 Å². The van der Waals surface area contributed by atoms with Crippen molar-refractivity contribution in [3.63, 3.8) is 0 Å². The van der Waals surface area contributed by atoms with Gasteiger partial charge in [-0.15, -0.1) is 0 Å². The number of benzene rings is 1. The smallest absolute Gasteiger partial charge is 0.119 e. The summed E-state index contributed by atoms with van der Waals surface area (Å²) in [6.07, 6.45) is 3.39. The second-order valence-corrected chi connectivity index (χ2v) is 12.4. The first kappa shape index (κ1) is 30.7. The van der Waals surface area contributed by atoms with Gasteiger partial charge in [0.1, 0.15) is 20.2 Å². The normalized spacial score (nSPS) is 11.0. The van der Waals surface area contributed by atoms with Gasteiger partial charge in [0.15, 0.2) is 0 Å². The minimum Gasteiger partial charge on any atom is -0.292 e. The quantitative estimate of drug-likeness (QED) is 0.0792. The summed E-state index contributed by atoms with van der Waals surface area (Å²) in [6.45, 7) is 0. The molecule has 7 aromatic rings. The van der Waals surface area contributed by atoms with Crippen LogP contribution >= 0.6 is 23.5 Å². The highest BCUT2D eigenvalue weighted by Gasteiger charge is 2.16. The summed E-state index contributed by atoms with van der Waals surface area (Å²) in [7, 11) is 0. The molecule has 0 saturated carbocycles. The highest BCUT2D eigenvalue weighted by Crippen LogP contribution is 2.27. The molecule has 0 aliphatic rings. The molecule has 4 N–H and O–H groups in total. The molecule has 10 nitrogen and oxygen atoms in total. The zero-order chi connectivity index (χ0) is 33.0. The number of thioether (sulfide) groups is 2. The van der Waals surface area contributed by atoms with Crippen LogP contribution in [0.1, 0.15) is 22.8 Å². The predicted molar refractivity (Wildman–Crippen MR) is 194 cm³/mol. The lowest BCUT2D eigenvalue weighted by Gasteiger charge is -2.10. The van der Waals surface area contributed by atoms with Gasteiger partial charge in [-0.25, -0.2) is 19.9 Å². The zero-order valence-corrected chi connectivity index (χ0v) is 26.7. The molecule has 0 bridgehead atoms. The standard InChI is InChI=1S/C36H24N10S2/c37-33(27-11-5-9-25(43-27)23-7-1-3-19-41-23)47-35(39)29-17-15-21-13-14-22-16-18-30(46-32(22)31(21)45-29)36(40)48-34(38)28-12-6-10-26(44-28)24-8-2-4-20-42-24/h1-20,37-40H. The van der Waals surface area contributed by atoms with Gasteiger partial charge in [0.05, 0.1) is 56.6 Å². The number of fused-ring (bicyclic) bond motifs is 3. The molecule has 0 fully saturated rings. The maximum atomic E-state index is 8.78. The van der Waals surface area contributed by atoms with E-state index in [0.717, 1.165) is 34.3 Å². The summed E-state index contributed by atoms with van der Waals surface area (Å²) in [5, 5.41) is 37.0. The lowest BCUT2D eigenvalue weighted by molar-refractivity contribution is 1.23. The Morgan fingerprint density at radius 2 is 0.750 bits per heavy atom. The highest BCUT2D eigenvalue weighted by molar-refractivity contribution is 8.27. The lowest BCUT2D eigenvalue weighted by atomic mass is 10.1. The first-order valence-electron chi connectivity index (χ1n) is 14.6. The highest BCUT2D eigenvalue weighted by atomic mass is 32.2. The van der Waals surface area contributed by atoms with Gasteiger partial charge >= 0.3 is 0 Å². The molecule has 0 saturated heterocycles. The van der Waals surface area contributed by atoms with E-state index in [1.54, 1.807) is 36.7 Å². The van der Waals surface area contributed by atoms with E-state index in [4.69, 9.17) is 31.6 Å². The van der Waals surface area contributed by atoms with Crippen molar-refractivity contribution in [2.75, 3.05) is 0 Å². The van der Waals surface area contributed by atoms with Crippen molar-refractivity contribution in [1.29, 1.82) is 21.6 Å². The monoisotopic (exact) mass is 660 g/mol. The molecule has 12 heteroatoms. The average Bonchev–Trinajstić information content (AvgIpc) is 3.15. The second kappa shape index (κ2) is 13.4. The Kier molecular flexibility index (Phi) is 8.56. The van der Waals surface area contributed by atoms with Gasteiger partial charge in [-0.05, 0) is 84.2 Å². The Bertz CT molecular complexity index is 2210. The molecular formula is C36H24N10S2. The van der Waals surface area contributed by atoms with E-state index in [9.17, 15) is 0 Å². The predicted octanol–water partition coefficient (Wildman–Crippen LogP) is 7.87. The Morgan fingerprint density at radius 3 is 1.15 bits per heavy atom. The third-order valence-electron chi connectivity index (χ3n) is 7.21. The maximum absolute atomic E-state index is 8.78. The van der Waals surface area contributed by atoms with Crippen molar-refractivity contribution >= 4 is 65.5 Å². The van der Waals surface area contributed by atoms with Crippen LogP contribution in [0.25, 0.3) is 44.6 Å². The van der Waals surface area contributed by atoms with Crippen molar-refractivity contribution in [1.82, 2.24) is 29.9 Å². The van der Waals surface area contributed by atoms with Crippen LogP contribution in [-0.4, -0.2) is 50.1 Å². The fraction of sp³-hybridized carbons (Fsp3) is 0. The molecule has 230 valence electrons.